The second kappa shape index (κ2) is 9.52. The molecule has 3 nitrogen and oxygen atoms in total. The monoisotopic (exact) mass is 377 g/mol. The number of carboxylic acid groups (broad SMARTS) is 1. The molecule has 0 amide bonds. The van der Waals surface area contributed by atoms with Crippen molar-refractivity contribution in [3.8, 4) is 0 Å². The third-order valence-corrected chi connectivity index (χ3v) is 5.24. The lowest BCUT2D eigenvalue weighted by Gasteiger charge is -2.15. The van der Waals surface area contributed by atoms with Gasteiger partial charge < -0.3 is 10.8 Å². The zero-order valence-electron chi connectivity index (χ0n) is 17.4. The highest BCUT2D eigenvalue weighted by atomic mass is 16.4. The van der Waals surface area contributed by atoms with Crippen molar-refractivity contribution in [1.29, 1.82) is 0 Å². The van der Waals surface area contributed by atoms with Gasteiger partial charge in [0.1, 0.15) is 0 Å². The second-order valence-corrected chi connectivity index (χ2v) is 7.44. The minimum Gasteiger partial charge on any atom is -0.478 e. The first kappa shape index (κ1) is 21.6. The van der Waals surface area contributed by atoms with Crippen LogP contribution in [0.5, 0.6) is 0 Å². The number of rotatable bonds is 8. The summed E-state index contributed by atoms with van der Waals surface area (Å²) in [5, 5.41) is 9.55. The van der Waals surface area contributed by atoms with Crippen LogP contribution in [0.1, 0.15) is 51.7 Å². The van der Waals surface area contributed by atoms with Crippen molar-refractivity contribution in [1.82, 2.24) is 0 Å². The fourth-order valence-corrected chi connectivity index (χ4v) is 3.29. The number of hydrogen-bond donors (Lipinski definition) is 2. The molecule has 148 valence electrons. The molecule has 1 aromatic carbocycles. The molecule has 0 unspecified atom stereocenters. The average molecular weight is 378 g/mol. The molecule has 3 N–H and O–H groups in total. The molecule has 0 heterocycles. The van der Waals surface area contributed by atoms with E-state index in [9.17, 15) is 9.90 Å². The Morgan fingerprint density at radius 2 is 1.79 bits per heavy atom. The lowest BCUT2D eigenvalue weighted by atomic mass is 9.90. The van der Waals surface area contributed by atoms with E-state index in [2.05, 4.69) is 50.8 Å². The van der Waals surface area contributed by atoms with E-state index in [0.29, 0.717) is 18.0 Å². The summed E-state index contributed by atoms with van der Waals surface area (Å²) in [6, 6.07) is 8.29. The average Bonchev–Trinajstić information content (AvgIpc) is 3.50. The van der Waals surface area contributed by atoms with Gasteiger partial charge in [-0.15, -0.1) is 0 Å². The third-order valence-electron chi connectivity index (χ3n) is 5.24. The molecule has 2 rings (SSSR count). The summed E-state index contributed by atoms with van der Waals surface area (Å²) in [6.07, 6.45) is 8.17. The van der Waals surface area contributed by atoms with Crippen molar-refractivity contribution in [3.05, 3.63) is 88.1 Å². The van der Waals surface area contributed by atoms with Gasteiger partial charge in [-0.2, -0.15) is 0 Å². The van der Waals surface area contributed by atoms with Crippen molar-refractivity contribution in [2.24, 2.45) is 11.7 Å². The summed E-state index contributed by atoms with van der Waals surface area (Å²) in [6.45, 7) is 12.3. The summed E-state index contributed by atoms with van der Waals surface area (Å²) in [5.74, 6) is -0.499. The second-order valence-electron chi connectivity index (χ2n) is 7.44. The summed E-state index contributed by atoms with van der Waals surface area (Å²) >= 11 is 0. The van der Waals surface area contributed by atoms with E-state index in [4.69, 9.17) is 5.73 Å². The highest BCUT2D eigenvalue weighted by Gasteiger charge is 2.28. The van der Waals surface area contributed by atoms with Crippen LogP contribution in [-0.2, 0) is 11.3 Å². The van der Waals surface area contributed by atoms with E-state index in [1.54, 1.807) is 6.92 Å². The zero-order valence-corrected chi connectivity index (χ0v) is 17.4. The van der Waals surface area contributed by atoms with Gasteiger partial charge in [-0.1, -0.05) is 43.0 Å². The van der Waals surface area contributed by atoms with E-state index in [-0.39, 0.29) is 5.57 Å². The first-order valence-corrected chi connectivity index (χ1v) is 9.75. The molecule has 1 fully saturated rings. The molecule has 0 atom stereocenters. The SMILES string of the molecule is C=C(C)\C(=C/C(=C(C)/C(C)=C(\C=C/C)c1ccc(CN)cc1)C1CC1)C(=O)O. The fraction of sp³-hybridized carbons (Fsp3) is 0.320. The fourth-order valence-electron chi connectivity index (χ4n) is 3.29. The van der Waals surface area contributed by atoms with Gasteiger partial charge in [0, 0.05) is 6.54 Å². The van der Waals surface area contributed by atoms with Crippen LogP contribution in [0, 0.1) is 5.92 Å². The van der Waals surface area contributed by atoms with Crippen molar-refractivity contribution >= 4 is 11.5 Å². The van der Waals surface area contributed by atoms with E-state index in [1.807, 2.05) is 19.1 Å². The van der Waals surface area contributed by atoms with Crippen LogP contribution in [0.3, 0.4) is 0 Å². The van der Waals surface area contributed by atoms with Crippen LogP contribution in [-0.4, -0.2) is 11.1 Å². The van der Waals surface area contributed by atoms with Gasteiger partial charge in [0.2, 0.25) is 0 Å². The molecule has 0 aromatic heterocycles. The molecular weight excluding hydrogens is 346 g/mol. The van der Waals surface area contributed by atoms with Crippen LogP contribution in [0.25, 0.3) is 5.57 Å². The Balaban J connectivity index is 2.63. The Morgan fingerprint density at radius 3 is 2.21 bits per heavy atom. The van der Waals surface area contributed by atoms with E-state index < -0.39 is 5.97 Å². The van der Waals surface area contributed by atoms with Crippen LogP contribution in [0.15, 0.2) is 76.9 Å². The smallest absolute Gasteiger partial charge is 0.335 e. The molecule has 0 radical (unpaired) electrons. The summed E-state index contributed by atoms with van der Waals surface area (Å²) < 4.78 is 0. The zero-order chi connectivity index (χ0) is 20.8. The van der Waals surface area contributed by atoms with Gasteiger partial charge in [-0.25, -0.2) is 4.79 Å². The molecular formula is C25H31NO2. The van der Waals surface area contributed by atoms with Gasteiger partial charge in [0.25, 0.3) is 0 Å². The first-order chi connectivity index (χ1) is 13.3. The Labute approximate surface area is 168 Å². The van der Waals surface area contributed by atoms with Crippen LogP contribution < -0.4 is 5.73 Å². The van der Waals surface area contributed by atoms with Gasteiger partial charge in [0.05, 0.1) is 5.57 Å². The standard InChI is InChI=1S/C25H31NO2/c1-6-7-22(20-10-8-19(15-26)9-11-20)17(4)18(5)24(21-12-13-21)14-23(16(2)3)25(27)28/h6-11,14,21H,2,12-13,15,26H2,1,3-5H3,(H,27,28)/b7-6-,22-17+,23-14+,24-18-. The highest BCUT2D eigenvalue weighted by Crippen LogP contribution is 2.42. The van der Waals surface area contributed by atoms with E-state index in [1.165, 1.54) is 0 Å². The highest BCUT2D eigenvalue weighted by molar-refractivity contribution is 5.92. The molecule has 1 aliphatic carbocycles. The lowest BCUT2D eigenvalue weighted by Crippen LogP contribution is -2.04. The van der Waals surface area contributed by atoms with Gasteiger partial charge >= 0.3 is 5.97 Å². The largest absolute Gasteiger partial charge is 0.478 e. The lowest BCUT2D eigenvalue weighted by molar-refractivity contribution is -0.132. The Kier molecular flexibility index (Phi) is 7.36. The van der Waals surface area contributed by atoms with Gasteiger partial charge in [-0.05, 0) is 91.5 Å². The predicted molar refractivity (Wildman–Crippen MR) is 118 cm³/mol. The molecule has 1 saturated carbocycles. The molecule has 28 heavy (non-hydrogen) atoms. The quantitative estimate of drug-likeness (QED) is 0.444. The number of carboxylic acids is 1. The molecule has 3 heteroatoms. The van der Waals surface area contributed by atoms with Gasteiger partial charge in [0.15, 0.2) is 0 Å². The summed E-state index contributed by atoms with van der Waals surface area (Å²) in [4.78, 5) is 11.6. The summed E-state index contributed by atoms with van der Waals surface area (Å²) in [5.41, 5.74) is 13.4. The maximum Gasteiger partial charge on any atom is 0.335 e. The molecule has 1 aromatic rings. The van der Waals surface area contributed by atoms with Gasteiger partial charge in [-0.3, -0.25) is 0 Å². The minimum atomic E-state index is -0.925. The van der Waals surface area contributed by atoms with Crippen LogP contribution >= 0.6 is 0 Å². The first-order valence-electron chi connectivity index (χ1n) is 9.75. The number of hydrogen-bond acceptors (Lipinski definition) is 2. The third kappa shape index (κ3) is 5.20. The maximum absolute atomic E-state index is 11.6. The maximum atomic E-state index is 11.6. The van der Waals surface area contributed by atoms with Crippen LogP contribution in [0.2, 0.25) is 0 Å². The number of nitrogens with two attached hydrogens (primary N) is 1. The van der Waals surface area contributed by atoms with Crippen molar-refractivity contribution in [2.45, 2.75) is 47.1 Å². The Hall–Kier alpha value is -2.65. The molecule has 1 aliphatic rings. The number of benzene rings is 1. The van der Waals surface area contributed by atoms with Crippen LogP contribution in [0.4, 0.5) is 0 Å². The molecule has 0 aliphatic heterocycles. The molecule has 0 saturated heterocycles. The number of allylic oxidation sites excluding steroid dienone is 7. The van der Waals surface area contributed by atoms with Crippen molar-refractivity contribution < 1.29 is 9.90 Å². The summed E-state index contributed by atoms with van der Waals surface area (Å²) in [7, 11) is 0. The number of aliphatic carboxylic acids is 1. The van der Waals surface area contributed by atoms with E-state index >= 15 is 0 Å². The normalized spacial score (nSPS) is 16.7. The molecule has 0 spiro atoms. The topological polar surface area (TPSA) is 63.3 Å². The van der Waals surface area contributed by atoms with Crippen molar-refractivity contribution in [3.63, 3.8) is 0 Å². The minimum absolute atomic E-state index is 0.286. The molecule has 0 bridgehead atoms. The van der Waals surface area contributed by atoms with E-state index in [0.717, 1.165) is 46.3 Å². The Bertz CT molecular complexity index is 860. The number of carbonyl (C=O) groups is 1. The van der Waals surface area contributed by atoms with Crippen molar-refractivity contribution in [2.75, 3.05) is 0 Å². The Morgan fingerprint density at radius 1 is 1.18 bits per heavy atom. The predicted octanol–water partition coefficient (Wildman–Crippen LogP) is 5.81.